The maximum atomic E-state index is 10.4. The maximum Gasteiger partial charge on any atom is 0.178 e. The van der Waals surface area contributed by atoms with Crippen LogP contribution in [0.5, 0.6) is 0 Å². The Bertz CT molecular complexity index is 703. The van der Waals surface area contributed by atoms with E-state index in [-0.39, 0.29) is 12.1 Å². The van der Waals surface area contributed by atoms with E-state index in [2.05, 4.69) is 10.3 Å². The molecular weight excluding hydrogens is 406 g/mol. The molecule has 13 heteroatoms. The Balaban J connectivity index is 1.85. The lowest BCUT2D eigenvalue weighted by Crippen LogP contribution is -2.42. The van der Waals surface area contributed by atoms with E-state index in [0.29, 0.717) is 0 Å². The lowest BCUT2D eigenvalue weighted by Gasteiger charge is -2.25. The molecule has 0 spiro atoms. The highest BCUT2D eigenvalue weighted by Gasteiger charge is 2.49. The van der Waals surface area contributed by atoms with Gasteiger partial charge in [0.15, 0.2) is 12.0 Å². The Kier molecular flexibility index (Phi) is 7.08. The first-order valence-corrected chi connectivity index (χ1v) is 9.62. The summed E-state index contributed by atoms with van der Waals surface area (Å²) in [7, 11) is 0. The molecule has 2 saturated heterocycles. The summed E-state index contributed by atoms with van der Waals surface area (Å²) in [6.07, 6.45) is -10.1. The van der Waals surface area contributed by atoms with Gasteiger partial charge in [-0.05, 0) is 13.8 Å². The summed E-state index contributed by atoms with van der Waals surface area (Å²) in [5.41, 5.74) is 0.191. The van der Waals surface area contributed by atoms with Gasteiger partial charge in [0.2, 0.25) is 0 Å². The highest BCUT2D eigenvalue weighted by Crippen LogP contribution is 2.40. The summed E-state index contributed by atoms with van der Waals surface area (Å²) in [6, 6.07) is 0. The summed E-state index contributed by atoms with van der Waals surface area (Å²) in [6.45, 7) is 1.94. The number of rotatable bonds is 6. The molecule has 2 aliphatic heterocycles. The summed E-state index contributed by atoms with van der Waals surface area (Å²) in [5.74, 6) is -1.12. The van der Waals surface area contributed by atoms with Crippen LogP contribution in [0, 0.1) is 0 Å². The van der Waals surface area contributed by atoms with Gasteiger partial charge in [0.25, 0.3) is 0 Å². The van der Waals surface area contributed by atoms with E-state index < -0.39 is 74.1 Å². The van der Waals surface area contributed by atoms with Crippen molar-refractivity contribution in [1.29, 1.82) is 0 Å². The van der Waals surface area contributed by atoms with Crippen molar-refractivity contribution < 1.29 is 50.0 Å². The number of aliphatic hydroxyl groups excluding tert-OH is 7. The molecule has 1 aromatic heterocycles. The standard InChI is InChI=1S/C17H29N3O10/c1-17(2)29-14(15(30-17)13(27)10(25)5-21)7-4-20(19-18-7)16-9(24)3-8(23)12(26)11(6-22)28-16/h4,8-16,21-27H,3,5-6H2,1-2H3/t8-,9-,10-,11-,12+,13-,14-,15+,16-/m1/s1. The number of aromatic nitrogens is 3. The van der Waals surface area contributed by atoms with E-state index >= 15 is 0 Å². The zero-order valence-corrected chi connectivity index (χ0v) is 16.6. The molecule has 3 heterocycles. The van der Waals surface area contributed by atoms with Crippen LogP contribution in [0.25, 0.3) is 0 Å². The highest BCUT2D eigenvalue weighted by atomic mass is 16.8. The lowest BCUT2D eigenvalue weighted by molar-refractivity contribution is -0.164. The summed E-state index contributed by atoms with van der Waals surface area (Å²) < 4.78 is 18.1. The fraction of sp³-hybridized carbons (Fsp3) is 0.882. The van der Waals surface area contributed by atoms with E-state index in [4.69, 9.17) is 19.3 Å². The van der Waals surface area contributed by atoms with Crippen LogP contribution in [0.15, 0.2) is 6.20 Å². The fourth-order valence-corrected chi connectivity index (χ4v) is 3.63. The molecule has 9 atom stereocenters. The molecule has 0 aliphatic carbocycles. The molecule has 30 heavy (non-hydrogen) atoms. The molecule has 0 unspecified atom stereocenters. The lowest BCUT2D eigenvalue weighted by atomic mass is 10.0. The predicted molar refractivity (Wildman–Crippen MR) is 95.5 cm³/mol. The Hall–Kier alpha value is -1.26. The predicted octanol–water partition coefficient (Wildman–Crippen LogP) is -3.45. The number of hydrogen-bond donors (Lipinski definition) is 7. The van der Waals surface area contributed by atoms with Crippen molar-refractivity contribution >= 4 is 0 Å². The first-order valence-electron chi connectivity index (χ1n) is 9.62. The van der Waals surface area contributed by atoms with Crippen LogP contribution in [0.1, 0.15) is 38.3 Å². The van der Waals surface area contributed by atoms with Gasteiger partial charge < -0.3 is 50.0 Å². The minimum atomic E-state index is -1.48. The second kappa shape index (κ2) is 9.08. The Morgan fingerprint density at radius 2 is 1.87 bits per heavy atom. The van der Waals surface area contributed by atoms with Crippen molar-refractivity contribution in [1.82, 2.24) is 15.0 Å². The molecule has 0 saturated carbocycles. The molecule has 0 bridgehead atoms. The summed E-state index contributed by atoms with van der Waals surface area (Å²) >= 11 is 0. The van der Waals surface area contributed by atoms with Gasteiger partial charge in [0, 0.05) is 6.42 Å². The van der Waals surface area contributed by atoms with Crippen LogP contribution in [-0.2, 0) is 14.2 Å². The molecule has 0 radical (unpaired) electrons. The van der Waals surface area contributed by atoms with Crippen molar-refractivity contribution in [3.63, 3.8) is 0 Å². The van der Waals surface area contributed by atoms with Crippen LogP contribution >= 0.6 is 0 Å². The van der Waals surface area contributed by atoms with Gasteiger partial charge in [-0.3, -0.25) is 0 Å². The molecule has 2 fully saturated rings. The van der Waals surface area contributed by atoms with Crippen LogP contribution in [0.2, 0.25) is 0 Å². The van der Waals surface area contributed by atoms with Gasteiger partial charge in [0.05, 0.1) is 25.5 Å². The Labute approximate surface area is 172 Å². The third-order valence-electron chi connectivity index (χ3n) is 5.21. The van der Waals surface area contributed by atoms with Crippen LogP contribution in [0.3, 0.4) is 0 Å². The van der Waals surface area contributed by atoms with Crippen molar-refractivity contribution in [2.24, 2.45) is 0 Å². The van der Waals surface area contributed by atoms with E-state index in [1.165, 1.54) is 6.20 Å². The fourth-order valence-electron chi connectivity index (χ4n) is 3.63. The smallest absolute Gasteiger partial charge is 0.178 e. The average molecular weight is 435 g/mol. The zero-order valence-electron chi connectivity index (χ0n) is 16.6. The summed E-state index contributed by atoms with van der Waals surface area (Å²) in [4.78, 5) is 0. The molecule has 3 rings (SSSR count). The second-order valence-corrected chi connectivity index (χ2v) is 7.99. The first kappa shape index (κ1) is 23.4. The average Bonchev–Trinajstić information content (AvgIpc) is 3.28. The van der Waals surface area contributed by atoms with Crippen LogP contribution in [-0.4, -0.2) is 112 Å². The van der Waals surface area contributed by atoms with Gasteiger partial charge in [-0.1, -0.05) is 5.21 Å². The molecular formula is C17H29N3O10. The zero-order chi connectivity index (χ0) is 22.2. The number of aliphatic hydroxyl groups is 7. The Morgan fingerprint density at radius 1 is 1.17 bits per heavy atom. The normalized spacial score (nSPS) is 38.9. The molecule has 2 aliphatic rings. The topological polar surface area (TPSA) is 200 Å². The van der Waals surface area contributed by atoms with Gasteiger partial charge in [-0.25, -0.2) is 4.68 Å². The largest absolute Gasteiger partial charge is 0.394 e. The number of ether oxygens (including phenoxy) is 3. The van der Waals surface area contributed by atoms with E-state index in [9.17, 15) is 30.6 Å². The van der Waals surface area contributed by atoms with E-state index in [1.54, 1.807) is 13.8 Å². The number of nitrogens with zero attached hydrogens (tertiary/aromatic N) is 3. The monoisotopic (exact) mass is 435 g/mol. The molecule has 13 nitrogen and oxygen atoms in total. The van der Waals surface area contributed by atoms with Crippen molar-refractivity contribution in [3.8, 4) is 0 Å². The van der Waals surface area contributed by atoms with Crippen molar-refractivity contribution in [2.45, 2.75) is 81.1 Å². The van der Waals surface area contributed by atoms with Crippen molar-refractivity contribution in [3.05, 3.63) is 11.9 Å². The third kappa shape index (κ3) is 4.65. The van der Waals surface area contributed by atoms with Gasteiger partial charge in [-0.2, -0.15) is 0 Å². The minimum absolute atomic E-state index is 0.191. The molecule has 172 valence electrons. The van der Waals surface area contributed by atoms with Crippen molar-refractivity contribution in [2.75, 3.05) is 13.2 Å². The van der Waals surface area contributed by atoms with Gasteiger partial charge in [0.1, 0.15) is 48.4 Å². The molecule has 0 amide bonds. The Morgan fingerprint density at radius 3 is 2.50 bits per heavy atom. The van der Waals surface area contributed by atoms with E-state index in [1.807, 2.05) is 0 Å². The molecule has 7 N–H and O–H groups in total. The second-order valence-electron chi connectivity index (χ2n) is 7.99. The van der Waals surface area contributed by atoms with E-state index in [0.717, 1.165) is 4.68 Å². The number of hydrogen-bond acceptors (Lipinski definition) is 12. The molecule has 1 aromatic rings. The van der Waals surface area contributed by atoms with Crippen LogP contribution in [0.4, 0.5) is 0 Å². The van der Waals surface area contributed by atoms with Gasteiger partial charge in [-0.15, -0.1) is 5.10 Å². The van der Waals surface area contributed by atoms with Gasteiger partial charge >= 0.3 is 0 Å². The highest BCUT2D eigenvalue weighted by molar-refractivity contribution is 5.07. The molecule has 0 aromatic carbocycles. The summed E-state index contributed by atoms with van der Waals surface area (Å²) in [5, 5.41) is 76.9. The third-order valence-corrected chi connectivity index (χ3v) is 5.21. The minimum Gasteiger partial charge on any atom is -0.394 e. The first-order chi connectivity index (χ1) is 14.1. The maximum absolute atomic E-state index is 10.4. The SMILES string of the molecule is CC1(C)O[C@@H]([C@H](O)[C@H](O)CO)[C@@H](c2cn([C@@H]3O[C@H](CO)[C@@H](O)[C@H](O)C[C@H]3O)nn2)O1. The quantitative estimate of drug-likeness (QED) is 0.233. The van der Waals surface area contributed by atoms with Crippen LogP contribution < -0.4 is 0 Å².